The van der Waals surface area contributed by atoms with Gasteiger partial charge in [0.2, 0.25) is 0 Å². The fraction of sp³-hybridized carbons (Fsp3) is 0.333. The Morgan fingerprint density at radius 3 is 2.67 bits per heavy atom. The minimum atomic E-state index is -0.707. The second-order valence-electron chi connectivity index (χ2n) is 5.38. The molecule has 110 valence electrons. The van der Waals surface area contributed by atoms with Crippen LogP contribution in [0, 0.1) is 0 Å². The van der Waals surface area contributed by atoms with Gasteiger partial charge in [0.25, 0.3) is 0 Å². The quantitative estimate of drug-likeness (QED) is 0.803. The molecule has 0 unspecified atom stereocenters. The van der Waals surface area contributed by atoms with Gasteiger partial charge in [-0.2, -0.15) is 5.10 Å². The number of carbonyl (C=O) groups is 1. The van der Waals surface area contributed by atoms with Crippen molar-refractivity contribution in [1.82, 2.24) is 15.1 Å². The molecule has 3 N–H and O–H groups in total. The fourth-order valence-corrected chi connectivity index (χ4v) is 2.30. The summed E-state index contributed by atoms with van der Waals surface area (Å²) in [6, 6.07) is 8.93. The van der Waals surface area contributed by atoms with Gasteiger partial charge in [-0.05, 0) is 49.6 Å². The molecule has 2 amide bonds. The lowest BCUT2D eigenvalue weighted by atomic mass is 9.80. The summed E-state index contributed by atoms with van der Waals surface area (Å²) in [7, 11) is 0. The summed E-state index contributed by atoms with van der Waals surface area (Å²) in [6.45, 7) is 0.296. The summed E-state index contributed by atoms with van der Waals surface area (Å²) >= 11 is 0. The average Bonchev–Trinajstić information content (AvgIpc) is 2.98. The van der Waals surface area contributed by atoms with E-state index in [2.05, 4.69) is 15.7 Å². The molecule has 2 aromatic rings. The first-order chi connectivity index (χ1) is 10.1. The molecular weight excluding hydrogens is 268 g/mol. The first kappa shape index (κ1) is 13.6. The topological polar surface area (TPSA) is 79.2 Å². The second-order valence-corrected chi connectivity index (χ2v) is 5.38. The van der Waals surface area contributed by atoms with Gasteiger partial charge in [-0.3, -0.25) is 0 Å². The zero-order valence-electron chi connectivity index (χ0n) is 11.6. The van der Waals surface area contributed by atoms with Crippen LogP contribution in [0.4, 0.5) is 10.5 Å². The van der Waals surface area contributed by atoms with Gasteiger partial charge in [-0.25, -0.2) is 9.48 Å². The number of aliphatic hydroxyl groups is 1. The van der Waals surface area contributed by atoms with Crippen LogP contribution in [0.15, 0.2) is 42.7 Å². The maximum absolute atomic E-state index is 11.8. The lowest BCUT2D eigenvalue weighted by Crippen LogP contribution is -2.48. The van der Waals surface area contributed by atoms with Crippen LogP contribution in [-0.4, -0.2) is 33.1 Å². The first-order valence-corrected chi connectivity index (χ1v) is 7.02. The molecule has 0 bridgehead atoms. The van der Waals surface area contributed by atoms with Gasteiger partial charge >= 0.3 is 6.03 Å². The van der Waals surface area contributed by atoms with Crippen LogP contribution in [-0.2, 0) is 0 Å². The molecule has 0 spiro atoms. The summed E-state index contributed by atoms with van der Waals surface area (Å²) in [5.74, 6) is 0. The number of aromatic nitrogens is 2. The van der Waals surface area contributed by atoms with E-state index in [1.54, 1.807) is 10.9 Å². The molecule has 1 saturated carbocycles. The van der Waals surface area contributed by atoms with Crippen LogP contribution in [0.2, 0.25) is 0 Å². The standard InChI is InChI=1S/C15H18N4O2/c20-14(16-11-15(21)7-1-8-15)18-12-3-5-13(6-4-12)19-10-2-9-17-19/h2-6,9-10,21H,1,7-8,11H2,(H2,16,18,20). The molecule has 1 aliphatic carbocycles. The van der Waals surface area contributed by atoms with E-state index in [-0.39, 0.29) is 6.03 Å². The molecule has 1 aromatic heterocycles. The largest absolute Gasteiger partial charge is 0.388 e. The van der Waals surface area contributed by atoms with Gasteiger partial charge in [0.05, 0.1) is 11.3 Å². The predicted molar refractivity (Wildman–Crippen MR) is 79.4 cm³/mol. The summed E-state index contributed by atoms with van der Waals surface area (Å²) in [5, 5.41) is 19.5. The molecule has 0 atom stereocenters. The number of rotatable bonds is 4. The van der Waals surface area contributed by atoms with Gasteiger partial charge in [0, 0.05) is 24.6 Å². The number of carbonyl (C=O) groups excluding carboxylic acids is 1. The van der Waals surface area contributed by atoms with E-state index in [0.29, 0.717) is 12.2 Å². The smallest absolute Gasteiger partial charge is 0.319 e. The van der Waals surface area contributed by atoms with Crippen molar-refractivity contribution in [1.29, 1.82) is 0 Å². The molecule has 0 radical (unpaired) electrons. The Balaban J connectivity index is 1.54. The zero-order chi connectivity index (χ0) is 14.7. The van der Waals surface area contributed by atoms with Crippen molar-refractivity contribution in [3.63, 3.8) is 0 Å². The molecule has 0 saturated heterocycles. The Morgan fingerprint density at radius 1 is 1.33 bits per heavy atom. The third-order valence-corrected chi connectivity index (χ3v) is 3.76. The second kappa shape index (κ2) is 5.57. The Bertz CT molecular complexity index is 603. The summed E-state index contributed by atoms with van der Waals surface area (Å²) in [4.78, 5) is 11.8. The molecule has 3 rings (SSSR count). The first-order valence-electron chi connectivity index (χ1n) is 7.02. The third kappa shape index (κ3) is 3.22. The van der Waals surface area contributed by atoms with E-state index in [1.165, 1.54) is 0 Å². The van der Waals surface area contributed by atoms with E-state index in [0.717, 1.165) is 24.9 Å². The van der Waals surface area contributed by atoms with Crippen LogP contribution in [0.5, 0.6) is 0 Å². The van der Waals surface area contributed by atoms with Crippen LogP contribution >= 0.6 is 0 Å². The predicted octanol–water partition coefficient (Wildman–Crippen LogP) is 1.91. The number of amides is 2. The number of nitrogens with one attached hydrogen (secondary N) is 2. The van der Waals surface area contributed by atoms with Gasteiger partial charge in [-0.1, -0.05) is 0 Å². The van der Waals surface area contributed by atoms with Gasteiger partial charge < -0.3 is 15.7 Å². The third-order valence-electron chi connectivity index (χ3n) is 3.76. The Kier molecular flexibility index (Phi) is 3.62. The lowest BCUT2D eigenvalue weighted by molar-refractivity contribution is -0.0287. The maximum atomic E-state index is 11.8. The average molecular weight is 286 g/mol. The molecule has 1 heterocycles. The lowest BCUT2D eigenvalue weighted by Gasteiger charge is -2.36. The Hall–Kier alpha value is -2.34. The van der Waals surface area contributed by atoms with Crippen molar-refractivity contribution >= 4 is 11.7 Å². The molecule has 21 heavy (non-hydrogen) atoms. The van der Waals surface area contributed by atoms with Crippen LogP contribution < -0.4 is 10.6 Å². The molecule has 6 nitrogen and oxygen atoms in total. The highest BCUT2D eigenvalue weighted by molar-refractivity contribution is 5.89. The van der Waals surface area contributed by atoms with Crippen molar-refractivity contribution in [2.45, 2.75) is 24.9 Å². The summed E-state index contributed by atoms with van der Waals surface area (Å²) in [6.07, 6.45) is 6.10. The molecular formula is C15H18N4O2. The van der Waals surface area contributed by atoms with Crippen molar-refractivity contribution in [2.75, 3.05) is 11.9 Å². The number of urea groups is 1. The SMILES string of the molecule is O=C(NCC1(O)CCC1)Nc1ccc(-n2cccn2)cc1. The van der Waals surface area contributed by atoms with E-state index in [9.17, 15) is 9.90 Å². The molecule has 1 fully saturated rings. The van der Waals surface area contributed by atoms with Crippen molar-refractivity contribution in [3.05, 3.63) is 42.7 Å². The highest BCUT2D eigenvalue weighted by Crippen LogP contribution is 2.30. The zero-order valence-corrected chi connectivity index (χ0v) is 11.6. The minimum absolute atomic E-state index is 0.296. The Labute approximate surface area is 122 Å². The van der Waals surface area contributed by atoms with Crippen molar-refractivity contribution in [3.8, 4) is 5.69 Å². The summed E-state index contributed by atoms with van der Waals surface area (Å²) in [5.41, 5.74) is 0.917. The van der Waals surface area contributed by atoms with Crippen molar-refractivity contribution < 1.29 is 9.90 Å². The maximum Gasteiger partial charge on any atom is 0.319 e. The van der Waals surface area contributed by atoms with Crippen LogP contribution in [0.1, 0.15) is 19.3 Å². The van der Waals surface area contributed by atoms with Gasteiger partial charge in [0.15, 0.2) is 0 Å². The van der Waals surface area contributed by atoms with E-state index < -0.39 is 5.60 Å². The monoisotopic (exact) mass is 286 g/mol. The number of benzene rings is 1. The fourth-order valence-electron chi connectivity index (χ4n) is 2.30. The normalized spacial score (nSPS) is 16.0. The van der Waals surface area contributed by atoms with Gasteiger partial charge in [-0.15, -0.1) is 0 Å². The number of nitrogens with zero attached hydrogens (tertiary/aromatic N) is 2. The van der Waals surface area contributed by atoms with Crippen LogP contribution in [0.3, 0.4) is 0 Å². The van der Waals surface area contributed by atoms with Crippen LogP contribution in [0.25, 0.3) is 5.69 Å². The molecule has 6 heteroatoms. The molecule has 1 aliphatic rings. The Morgan fingerprint density at radius 2 is 2.10 bits per heavy atom. The van der Waals surface area contributed by atoms with E-state index >= 15 is 0 Å². The highest BCUT2D eigenvalue weighted by atomic mass is 16.3. The number of hydrogen-bond donors (Lipinski definition) is 3. The number of anilines is 1. The van der Waals surface area contributed by atoms with E-state index in [4.69, 9.17) is 0 Å². The minimum Gasteiger partial charge on any atom is -0.388 e. The summed E-state index contributed by atoms with van der Waals surface area (Å²) < 4.78 is 1.75. The van der Waals surface area contributed by atoms with E-state index in [1.807, 2.05) is 36.5 Å². The highest BCUT2D eigenvalue weighted by Gasteiger charge is 2.34. The van der Waals surface area contributed by atoms with Crippen molar-refractivity contribution in [2.24, 2.45) is 0 Å². The number of hydrogen-bond acceptors (Lipinski definition) is 3. The molecule has 0 aliphatic heterocycles. The van der Waals surface area contributed by atoms with Gasteiger partial charge in [0.1, 0.15) is 0 Å². The molecule has 1 aromatic carbocycles.